The summed E-state index contributed by atoms with van der Waals surface area (Å²) in [6.07, 6.45) is 0. The molecule has 0 aliphatic heterocycles. The largest absolute Gasteiger partial charge is 0.529 e. The lowest BCUT2D eigenvalue weighted by Gasteiger charge is -2.16. The number of rotatable bonds is 1. The zero-order chi connectivity index (χ0) is 10.2. The fourth-order valence-electron chi connectivity index (χ4n) is 1.71. The van der Waals surface area contributed by atoms with Crippen molar-refractivity contribution >= 4 is 14.0 Å². The molecule has 3 nitrogen and oxygen atoms in total. The van der Waals surface area contributed by atoms with Crippen molar-refractivity contribution < 1.29 is 14.4 Å². The molecule has 13 heavy (non-hydrogen) atoms. The molecule has 0 aliphatic carbocycles. The van der Waals surface area contributed by atoms with Gasteiger partial charge in [-0.1, -0.05) is 17.7 Å². The highest BCUT2D eigenvalue weighted by molar-refractivity contribution is 6.72. The van der Waals surface area contributed by atoms with Gasteiger partial charge in [-0.3, -0.25) is 0 Å². The Labute approximate surface area is 78.7 Å². The molecule has 0 radical (unpaired) electrons. The molecule has 0 bridgehead atoms. The number of aryl methyl sites for hydroxylation is 3. The van der Waals surface area contributed by atoms with Gasteiger partial charge in [0, 0.05) is 5.19 Å². The summed E-state index contributed by atoms with van der Waals surface area (Å²) >= 11 is 0. The van der Waals surface area contributed by atoms with Crippen LogP contribution < -0.4 is 5.19 Å². The Hall–Kier alpha value is -0.683. The SMILES string of the molecule is Cc1cc(C)c([Si](O)(O)O)c(C)c1. The third kappa shape index (κ3) is 2.16. The lowest BCUT2D eigenvalue weighted by molar-refractivity contribution is 0.249. The Kier molecular flexibility index (Phi) is 2.58. The van der Waals surface area contributed by atoms with Crippen molar-refractivity contribution in [3.8, 4) is 0 Å². The van der Waals surface area contributed by atoms with Crippen molar-refractivity contribution in [1.29, 1.82) is 0 Å². The monoisotopic (exact) mass is 198 g/mol. The summed E-state index contributed by atoms with van der Waals surface area (Å²) < 4.78 is 0. The van der Waals surface area contributed by atoms with Gasteiger partial charge in [0.25, 0.3) is 0 Å². The topological polar surface area (TPSA) is 60.7 Å². The molecule has 0 heterocycles. The number of benzene rings is 1. The molecule has 0 amide bonds. The standard InChI is InChI=1S/C9H14O3Si/c1-6-4-7(2)9(8(3)5-6)13(10,11)12/h4-5,10-12H,1-3H3. The van der Waals surface area contributed by atoms with Gasteiger partial charge in [-0.25, -0.2) is 0 Å². The van der Waals surface area contributed by atoms with Crippen molar-refractivity contribution in [2.75, 3.05) is 0 Å². The molecule has 0 spiro atoms. The van der Waals surface area contributed by atoms with Crippen molar-refractivity contribution in [3.05, 3.63) is 28.8 Å². The maximum atomic E-state index is 9.19. The van der Waals surface area contributed by atoms with E-state index in [0.29, 0.717) is 5.19 Å². The molecule has 72 valence electrons. The second kappa shape index (κ2) is 3.23. The van der Waals surface area contributed by atoms with E-state index in [-0.39, 0.29) is 0 Å². The highest BCUT2D eigenvalue weighted by atomic mass is 28.4. The third-order valence-corrected chi connectivity index (χ3v) is 3.47. The lowest BCUT2D eigenvalue weighted by Crippen LogP contribution is -2.51. The molecule has 3 N–H and O–H groups in total. The Bertz CT molecular complexity index is 305. The van der Waals surface area contributed by atoms with Crippen molar-refractivity contribution in [1.82, 2.24) is 0 Å². The van der Waals surface area contributed by atoms with Crippen LogP contribution in [0.2, 0.25) is 0 Å². The zero-order valence-corrected chi connectivity index (χ0v) is 9.00. The summed E-state index contributed by atoms with van der Waals surface area (Å²) in [7, 11) is -4.15. The molecule has 0 saturated carbocycles. The smallest absolute Gasteiger partial charge is 0.386 e. The Morgan fingerprint density at radius 1 is 0.923 bits per heavy atom. The number of hydrogen-bond acceptors (Lipinski definition) is 3. The molecular formula is C9H14O3Si. The van der Waals surface area contributed by atoms with E-state index < -0.39 is 8.80 Å². The second-order valence-electron chi connectivity index (χ2n) is 3.41. The second-order valence-corrected chi connectivity index (χ2v) is 5.18. The van der Waals surface area contributed by atoms with Crippen LogP contribution in [0.25, 0.3) is 0 Å². The summed E-state index contributed by atoms with van der Waals surface area (Å²) in [5.74, 6) is 0. The van der Waals surface area contributed by atoms with Crippen LogP contribution in [0, 0.1) is 20.8 Å². The summed E-state index contributed by atoms with van der Waals surface area (Å²) in [5.41, 5.74) is 2.52. The quantitative estimate of drug-likeness (QED) is 0.545. The summed E-state index contributed by atoms with van der Waals surface area (Å²) in [6.45, 7) is 5.46. The molecule has 1 aromatic rings. The molecule has 0 fully saturated rings. The van der Waals surface area contributed by atoms with Gasteiger partial charge in [0.15, 0.2) is 0 Å². The van der Waals surface area contributed by atoms with Gasteiger partial charge in [-0.2, -0.15) is 0 Å². The van der Waals surface area contributed by atoms with Gasteiger partial charge >= 0.3 is 8.80 Å². The minimum Gasteiger partial charge on any atom is -0.386 e. The zero-order valence-electron chi connectivity index (χ0n) is 8.00. The van der Waals surface area contributed by atoms with E-state index in [9.17, 15) is 14.4 Å². The maximum absolute atomic E-state index is 9.19. The first-order valence-electron chi connectivity index (χ1n) is 4.08. The van der Waals surface area contributed by atoms with E-state index in [0.717, 1.165) is 16.7 Å². The Morgan fingerprint density at radius 3 is 1.62 bits per heavy atom. The van der Waals surface area contributed by atoms with Crippen LogP contribution in [-0.2, 0) is 0 Å². The van der Waals surface area contributed by atoms with Gasteiger partial charge in [0.1, 0.15) is 0 Å². The average molecular weight is 198 g/mol. The van der Waals surface area contributed by atoms with E-state index in [2.05, 4.69) is 0 Å². The van der Waals surface area contributed by atoms with Gasteiger partial charge in [-0.15, -0.1) is 0 Å². The van der Waals surface area contributed by atoms with Crippen LogP contribution in [0.5, 0.6) is 0 Å². The fourth-order valence-corrected chi connectivity index (χ4v) is 2.91. The van der Waals surface area contributed by atoms with Crippen molar-refractivity contribution in [3.63, 3.8) is 0 Å². The van der Waals surface area contributed by atoms with Gasteiger partial charge in [-0.05, 0) is 31.9 Å². The average Bonchev–Trinajstić information content (AvgIpc) is 1.78. The van der Waals surface area contributed by atoms with E-state index in [1.54, 1.807) is 13.8 Å². The first-order valence-corrected chi connectivity index (χ1v) is 5.92. The fraction of sp³-hybridized carbons (Fsp3) is 0.333. The normalized spacial score (nSPS) is 11.8. The molecule has 0 aliphatic rings. The van der Waals surface area contributed by atoms with E-state index >= 15 is 0 Å². The van der Waals surface area contributed by atoms with E-state index in [1.807, 2.05) is 19.1 Å². The van der Waals surface area contributed by atoms with Crippen LogP contribution >= 0.6 is 0 Å². The Morgan fingerprint density at radius 2 is 1.31 bits per heavy atom. The van der Waals surface area contributed by atoms with Crippen LogP contribution in [0.15, 0.2) is 12.1 Å². The third-order valence-electron chi connectivity index (χ3n) is 2.01. The molecule has 0 saturated heterocycles. The molecule has 0 aromatic heterocycles. The Balaban J connectivity index is 3.38. The predicted molar refractivity (Wildman–Crippen MR) is 52.7 cm³/mol. The van der Waals surface area contributed by atoms with Crippen LogP contribution in [-0.4, -0.2) is 23.2 Å². The first kappa shape index (κ1) is 10.4. The first-order chi connectivity index (χ1) is 5.82. The molecule has 1 aromatic carbocycles. The molecule has 1 rings (SSSR count). The molecule has 0 unspecified atom stereocenters. The highest BCUT2D eigenvalue weighted by Crippen LogP contribution is 2.08. The van der Waals surface area contributed by atoms with Crippen LogP contribution in [0.3, 0.4) is 0 Å². The predicted octanol–water partition coefficient (Wildman–Crippen LogP) is -0.265. The lowest BCUT2D eigenvalue weighted by atomic mass is 10.1. The van der Waals surface area contributed by atoms with Crippen LogP contribution in [0.1, 0.15) is 16.7 Å². The maximum Gasteiger partial charge on any atom is 0.529 e. The van der Waals surface area contributed by atoms with E-state index in [1.165, 1.54) is 0 Å². The van der Waals surface area contributed by atoms with Gasteiger partial charge < -0.3 is 14.4 Å². The molecule has 0 atom stereocenters. The summed E-state index contributed by atoms with van der Waals surface area (Å²) in [5, 5.41) is 0.304. The number of hydrogen-bond donors (Lipinski definition) is 3. The summed E-state index contributed by atoms with van der Waals surface area (Å²) in [6, 6.07) is 3.65. The minimum atomic E-state index is -4.15. The molecule has 4 heteroatoms. The minimum absolute atomic E-state index is 0.304. The van der Waals surface area contributed by atoms with E-state index in [4.69, 9.17) is 0 Å². The van der Waals surface area contributed by atoms with Gasteiger partial charge in [0.2, 0.25) is 0 Å². The van der Waals surface area contributed by atoms with Crippen LogP contribution in [0.4, 0.5) is 0 Å². The summed E-state index contributed by atoms with van der Waals surface area (Å²) in [4.78, 5) is 27.6. The van der Waals surface area contributed by atoms with Gasteiger partial charge in [0.05, 0.1) is 0 Å². The molecular weight excluding hydrogens is 184 g/mol. The van der Waals surface area contributed by atoms with Crippen molar-refractivity contribution in [2.24, 2.45) is 0 Å². The van der Waals surface area contributed by atoms with Crippen molar-refractivity contribution in [2.45, 2.75) is 20.8 Å². The highest BCUT2D eigenvalue weighted by Gasteiger charge is 2.33.